The van der Waals surface area contributed by atoms with Crippen LogP contribution in [0.1, 0.15) is 18.9 Å². The first-order valence-electron chi connectivity index (χ1n) is 6.93. The summed E-state index contributed by atoms with van der Waals surface area (Å²) in [4.78, 5) is 25.5. The number of benzene rings is 1. The second kappa shape index (κ2) is 6.45. The fourth-order valence-electron chi connectivity index (χ4n) is 2.36. The number of nitrogens with one attached hydrogen (secondary N) is 1. The first kappa shape index (κ1) is 15.8. The molecule has 1 aromatic carbocycles. The van der Waals surface area contributed by atoms with Crippen molar-refractivity contribution in [1.82, 2.24) is 4.90 Å². The van der Waals surface area contributed by atoms with E-state index in [2.05, 4.69) is 5.32 Å². The van der Waals surface area contributed by atoms with Crippen LogP contribution in [0.5, 0.6) is 0 Å². The van der Waals surface area contributed by atoms with E-state index in [1.165, 1.54) is 4.90 Å². The van der Waals surface area contributed by atoms with Gasteiger partial charge in [-0.1, -0.05) is 17.7 Å². The third-order valence-electron chi connectivity index (χ3n) is 3.82. The molecular formula is C15H19ClN2O3. The van der Waals surface area contributed by atoms with Crippen LogP contribution in [0, 0.1) is 12.8 Å². The van der Waals surface area contributed by atoms with Crippen LogP contribution < -0.4 is 5.32 Å². The molecule has 0 spiro atoms. The Balaban J connectivity index is 1.97. The molecule has 2 rings (SSSR count). The van der Waals surface area contributed by atoms with Crippen LogP contribution in [0.3, 0.4) is 0 Å². The van der Waals surface area contributed by atoms with Crippen molar-refractivity contribution < 1.29 is 14.7 Å². The maximum atomic E-state index is 12.1. The lowest BCUT2D eigenvalue weighted by Crippen LogP contribution is -2.38. The van der Waals surface area contributed by atoms with Crippen molar-refractivity contribution in [3.05, 3.63) is 28.8 Å². The number of halogens is 1. The first-order valence-corrected chi connectivity index (χ1v) is 7.30. The van der Waals surface area contributed by atoms with Gasteiger partial charge in [0.2, 0.25) is 0 Å². The van der Waals surface area contributed by atoms with Gasteiger partial charge in [-0.05, 0) is 38.0 Å². The second-order valence-electron chi connectivity index (χ2n) is 5.46. The van der Waals surface area contributed by atoms with Gasteiger partial charge in [0.1, 0.15) is 0 Å². The number of aliphatic hydroxyl groups excluding tert-OH is 1. The van der Waals surface area contributed by atoms with Gasteiger partial charge in [0.25, 0.3) is 0 Å². The smallest absolute Gasteiger partial charge is 0.313 e. The summed E-state index contributed by atoms with van der Waals surface area (Å²) in [6.07, 6.45) is 0.245. The zero-order chi connectivity index (χ0) is 15.6. The molecule has 1 aliphatic rings. The quantitative estimate of drug-likeness (QED) is 0.819. The standard InChI is InChI=1S/C15H19ClN2O3/c1-9-3-4-12(7-13(9)16)17-14(20)15(21)18-6-5-11(8-18)10(2)19/h3-4,7,10-11,19H,5-6,8H2,1-2H3,(H,17,20). The van der Waals surface area contributed by atoms with Gasteiger partial charge in [-0.15, -0.1) is 0 Å². The third kappa shape index (κ3) is 3.74. The fraction of sp³-hybridized carbons (Fsp3) is 0.467. The molecule has 0 bridgehead atoms. The Hall–Kier alpha value is -1.59. The van der Waals surface area contributed by atoms with Gasteiger partial charge in [0.05, 0.1) is 6.10 Å². The lowest BCUT2D eigenvalue weighted by atomic mass is 10.0. The molecule has 114 valence electrons. The molecule has 1 heterocycles. The minimum absolute atomic E-state index is 0.0376. The Morgan fingerprint density at radius 3 is 2.76 bits per heavy atom. The number of aliphatic hydroxyl groups is 1. The monoisotopic (exact) mass is 310 g/mol. The van der Waals surface area contributed by atoms with Gasteiger partial charge < -0.3 is 15.3 Å². The zero-order valence-electron chi connectivity index (χ0n) is 12.1. The Morgan fingerprint density at radius 2 is 2.19 bits per heavy atom. The van der Waals surface area contributed by atoms with Crippen LogP contribution in [0.15, 0.2) is 18.2 Å². The van der Waals surface area contributed by atoms with Crippen LogP contribution >= 0.6 is 11.6 Å². The molecule has 0 saturated carbocycles. The van der Waals surface area contributed by atoms with E-state index < -0.39 is 17.9 Å². The number of hydrogen-bond donors (Lipinski definition) is 2. The molecule has 1 saturated heterocycles. The minimum Gasteiger partial charge on any atom is -0.393 e. The normalized spacial score (nSPS) is 19.4. The van der Waals surface area contributed by atoms with Crippen LogP contribution in [-0.2, 0) is 9.59 Å². The van der Waals surface area contributed by atoms with Crippen molar-refractivity contribution in [1.29, 1.82) is 0 Å². The van der Waals surface area contributed by atoms with E-state index in [-0.39, 0.29) is 5.92 Å². The number of amides is 2. The van der Waals surface area contributed by atoms with Gasteiger partial charge in [0.15, 0.2) is 0 Å². The molecule has 6 heteroatoms. The molecule has 21 heavy (non-hydrogen) atoms. The Morgan fingerprint density at radius 1 is 1.48 bits per heavy atom. The average Bonchev–Trinajstić information content (AvgIpc) is 2.92. The highest BCUT2D eigenvalue weighted by atomic mass is 35.5. The SMILES string of the molecule is Cc1ccc(NC(=O)C(=O)N2CCC(C(C)O)C2)cc1Cl. The van der Waals surface area contributed by atoms with Crippen molar-refractivity contribution in [3.8, 4) is 0 Å². The molecule has 2 amide bonds. The minimum atomic E-state index is -0.679. The van der Waals surface area contributed by atoms with Crippen LogP contribution in [0.25, 0.3) is 0 Å². The highest BCUT2D eigenvalue weighted by Crippen LogP contribution is 2.22. The lowest BCUT2D eigenvalue weighted by Gasteiger charge is -2.17. The maximum absolute atomic E-state index is 12.1. The molecule has 2 atom stereocenters. The highest BCUT2D eigenvalue weighted by molar-refractivity contribution is 6.39. The van der Waals surface area contributed by atoms with E-state index in [4.69, 9.17) is 11.6 Å². The summed E-state index contributed by atoms with van der Waals surface area (Å²) in [7, 11) is 0. The Labute approximate surface area is 128 Å². The topological polar surface area (TPSA) is 69.6 Å². The van der Waals surface area contributed by atoms with Crippen molar-refractivity contribution in [2.75, 3.05) is 18.4 Å². The van der Waals surface area contributed by atoms with E-state index in [9.17, 15) is 14.7 Å². The van der Waals surface area contributed by atoms with Crippen molar-refractivity contribution in [3.63, 3.8) is 0 Å². The number of carbonyl (C=O) groups excluding carboxylic acids is 2. The molecule has 1 fully saturated rings. The second-order valence-corrected chi connectivity index (χ2v) is 5.87. The molecule has 0 aromatic heterocycles. The number of rotatable bonds is 2. The molecule has 2 N–H and O–H groups in total. The van der Waals surface area contributed by atoms with E-state index in [0.717, 1.165) is 5.56 Å². The number of carbonyl (C=O) groups is 2. The summed E-state index contributed by atoms with van der Waals surface area (Å²) in [5, 5.41) is 12.6. The van der Waals surface area contributed by atoms with Gasteiger partial charge in [-0.3, -0.25) is 9.59 Å². The zero-order valence-corrected chi connectivity index (χ0v) is 12.9. The Kier molecular flexibility index (Phi) is 4.85. The van der Waals surface area contributed by atoms with Gasteiger partial charge >= 0.3 is 11.8 Å². The number of likely N-dealkylation sites (tertiary alicyclic amines) is 1. The molecule has 1 aromatic rings. The predicted molar refractivity (Wildman–Crippen MR) is 81.2 cm³/mol. The number of nitrogens with zero attached hydrogens (tertiary/aromatic N) is 1. The van der Waals surface area contributed by atoms with Gasteiger partial charge in [-0.2, -0.15) is 0 Å². The molecule has 0 aliphatic carbocycles. The fourth-order valence-corrected chi connectivity index (χ4v) is 2.54. The summed E-state index contributed by atoms with van der Waals surface area (Å²) in [5.74, 6) is -1.22. The van der Waals surface area contributed by atoms with Gasteiger partial charge in [0, 0.05) is 29.7 Å². The number of anilines is 1. The van der Waals surface area contributed by atoms with Crippen LogP contribution in [0.2, 0.25) is 5.02 Å². The molecule has 0 radical (unpaired) electrons. The summed E-state index contributed by atoms with van der Waals surface area (Å²) >= 11 is 5.98. The predicted octanol–water partition coefficient (Wildman–Crippen LogP) is 1.82. The van der Waals surface area contributed by atoms with Crippen molar-refractivity contribution in [2.24, 2.45) is 5.92 Å². The highest BCUT2D eigenvalue weighted by Gasteiger charge is 2.32. The Bertz CT molecular complexity index is 560. The molecule has 2 unspecified atom stereocenters. The lowest BCUT2D eigenvalue weighted by molar-refractivity contribution is -0.142. The first-order chi connectivity index (χ1) is 9.88. The van der Waals surface area contributed by atoms with E-state index >= 15 is 0 Å². The van der Waals surface area contributed by atoms with E-state index in [1.807, 2.05) is 6.92 Å². The summed E-state index contributed by atoms with van der Waals surface area (Å²) in [5.41, 5.74) is 1.40. The number of hydrogen-bond acceptors (Lipinski definition) is 3. The maximum Gasteiger partial charge on any atom is 0.313 e. The summed E-state index contributed by atoms with van der Waals surface area (Å²) in [6.45, 7) is 4.47. The molecule has 5 nitrogen and oxygen atoms in total. The van der Waals surface area contributed by atoms with Crippen LogP contribution in [-0.4, -0.2) is 41.0 Å². The van der Waals surface area contributed by atoms with Crippen molar-refractivity contribution in [2.45, 2.75) is 26.4 Å². The third-order valence-corrected chi connectivity index (χ3v) is 4.23. The van der Waals surface area contributed by atoms with E-state index in [0.29, 0.717) is 30.2 Å². The average molecular weight is 311 g/mol. The van der Waals surface area contributed by atoms with Crippen molar-refractivity contribution >= 4 is 29.1 Å². The molecule has 1 aliphatic heterocycles. The summed E-state index contributed by atoms with van der Waals surface area (Å²) in [6, 6.07) is 5.10. The summed E-state index contributed by atoms with van der Waals surface area (Å²) < 4.78 is 0. The van der Waals surface area contributed by atoms with Crippen LogP contribution in [0.4, 0.5) is 5.69 Å². The molecular weight excluding hydrogens is 292 g/mol. The van der Waals surface area contributed by atoms with E-state index in [1.54, 1.807) is 25.1 Å². The number of aryl methyl sites for hydroxylation is 1. The largest absolute Gasteiger partial charge is 0.393 e. The van der Waals surface area contributed by atoms with Gasteiger partial charge in [-0.25, -0.2) is 0 Å².